The van der Waals surface area contributed by atoms with Crippen LogP contribution in [0.3, 0.4) is 0 Å². The summed E-state index contributed by atoms with van der Waals surface area (Å²) in [5.41, 5.74) is 2.85. The Balaban J connectivity index is 2.41. The predicted octanol–water partition coefficient (Wildman–Crippen LogP) is 2.98. The first-order chi connectivity index (χ1) is 11.0. The summed E-state index contributed by atoms with van der Waals surface area (Å²) < 4.78 is 20.0. The maximum atomic E-state index is 13.2. The number of nitrogens with zero attached hydrogens (tertiary/aromatic N) is 2. The first-order valence-corrected chi connectivity index (χ1v) is 7.81. The van der Waals surface area contributed by atoms with Crippen molar-refractivity contribution in [1.29, 1.82) is 0 Å². The number of ether oxygens (including phenoxy) is 1. The van der Waals surface area contributed by atoms with E-state index in [2.05, 4.69) is 4.98 Å². The van der Waals surface area contributed by atoms with Crippen LogP contribution in [0.1, 0.15) is 17.4 Å². The first-order valence-electron chi connectivity index (χ1n) is 6.93. The highest BCUT2D eigenvalue weighted by Crippen LogP contribution is 2.31. The van der Waals surface area contributed by atoms with Crippen molar-refractivity contribution in [2.24, 2.45) is 7.05 Å². The summed E-state index contributed by atoms with van der Waals surface area (Å²) in [7, 11) is 1.51. The lowest BCUT2D eigenvalue weighted by molar-refractivity contribution is 0.0515. The minimum Gasteiger partial charge on any atom is -0.461 e. The van der Waals surface area contributed by atoms with Gasteiger partial charge in [0, 0.05) is 12.6 Å². The minimum absolute atomic E-state index is 0.113. The lowest BCUT2D eigenvalue weighted by Crippen LogP contribution is -2.25. The fourth-order valence-electron chi connectivity index (χ4n) is 2.44. The molecule has 118 valence electrons. The molecule has 0 saturated carbocycles. The van der Waals surface area contributed by atoms with Crippen molar-refractivity contribution in [3.8, 4) is 11.1 Å². The number of thiazole rings is 1. The molecule has 0 aliphatic carbocycles. The zero-order chi connectivity index (χ0) is 16.6. The van der Waals surface area contributed by atoms with Gasteiger partial charge >= 0.3 is 5.97 Å². The lowest BCUT2D eigenvalue weighted by Gasteiger charge is -2.14. The van der Waals surface area contributed by atoms with Crippen molar-refractivity contribution in [2.45, 2.75) is 6.92 Å². The first kappa shape index (κ1) is 15.4. The number of hydrogen-bond acceptors (Lipinski definition) is 5. The molecule has 0 aliphatic rings. The largest absolute Gasteiger partial charge is 0.461 e. The molecule has 0 bridgehead atoms. The summed E-state index contributed by atoms with van der Waals surface area (Å²) >= 11 is 1.20. The van der Waals surface area contributed by atoms with Gasteiger partial charge in [-0.2, -0.15) is 0 Å². The molecule has 2 aromatic heterocycles. The van der Waals surface area contributed by atoms with E-state index in [0.717, 1.165) is 0 Å². The number of rotatable bonds is 3. The summed E-state index contributed by atoms with van der Waals surface area (Å²) in [4.78, 5) is 29.0. The van der Waals surface area contributed by atoms with E-state index in [1.807, 2.05) is 0 Å². The van der Waals surface area contributed by atoms with Crippen molar-refractivity contribution in [1.82, 2.24) is 9.55 Å². The number of carbonyl (C=O) groups is 1. The van der Waals surface area contributed by atoms with E-state index in [4.69, 9.17) is 4.74 Å². The maximum absolute atomic E-state index is 13.2. The van der Waals surface area contributed by atoms with Gasteiger partial charge in [0.05, 0.1) is 17.6 Å². The number of pyridine rings is 1. The smallest absolute Gasteiger partial charge is 0.355 e. The molecule has 0 fully saturated rings. The molecule has 0 saturated heterocycles. The van der Waals surface area contributed by atoms with Gasteiger partial charge < -0.3 is 9.30 Å². The Labute approximate surface area is 135 Å². The topological polar surface area (TPSA) is 61.2 Å². The predicted molar refractivity (Wildman–Crippen MR) is 86.2 cm³/mol. The molecule has 0 amide bonds. The number of aromatic nitrogens is 2. The summed E-state index contributed by atoms with van der Waals surface area (Å²) in [5, 5.41) is 0. The van der Waals surface area contributed by atoms with Crippen molar-refractivity contribution >= 4 is 27.5 Å². The maximum Gasteiger partial charge on any atom is 0.355 e. The van der Waals surface area contributed by atoms with Crippen LogP contribution < -0.4 is 5.56 Å². The Morgan fingerprint density at radius 1 is 1.35 bits per heavy atom. The van der Waals surface area contributed by atoms with Gasteiger partial charge in [-0.15, -0.1) is 11.3 Å². The van der Waals surface area contributed by atoms with Crippen LogP contribution in [0.4, 0.5) is 4.39 Å². The third-order valence-electron chi connectivity index (χ3n) is 3.48. The highest BCUT2D eigenvalue weighted by molar-refractivity contribution is 7.16. The van der Waals surface area contributed by atoms with Crippen LogP contribution in [0, 0.1) is 5.82 Å². The Hall–Kier alpha value is -2.54. The van der Waals surface area contributed by atoms with Gasteiger partial charge in [0.2, 0.25) is 0 Å². The van der Waals surface area contributed by atoms with E-state index in [1.165, 1.54) is 35.1 Å². The molecule has 0 radical (unpaired) electrons. The summed E-state index contributed by atoms with van der Waals surface area (Å²) in [6, 6.07) is 5.70. The molecule has 3 rings (SSSR count). The normalized spacial score (nSPS) is 10.9. The Morgan fingerprint density at radius 3 is 2.70 bits per heavy atom. The number of halogens is 1. The average molecular weight is 332 g/mol. The Bertz CT molecular complexity index is 944. The number of fused-ring (bicyclic) bond motifs is 1. The van der Waals surface area contributed by atoms with Gasteiger partial charge in [-0.25, -0.2) is 14.2 Å². The summed E-state index contributed by atoms with van der Waals surface area (Å²) in [6.45, 7) is 1.87. The van der Waals surface area contributed by atoms with Crippen molar-refractivity contribution in [3.63, 3.8) is 0 Å². The Morgan fingerprint density at radius 2 is 2.04 bits per heavy atom. The molecule has 0 N–H and O–H groups in total. The van der Waals surface area contributed by atoms with Gasteiger partial charge in [-0.05, 0) is 24.6 Å². The molecule has 23 heavy (non-hydrogen) atoms. The van der Waals surface area contributed by atoms with Gasteiger partial charge in [0.25, 0.3) is 5.56 Å². The fourth-order valence-corrected chi connectivity index (χ4v) is 3.21. The van der Waals surface area contributed by atoms with E-state index in [-0.39, 0.29) is 23.7 Å². The van der Waals surface area contributed by atoms with Crippen LogP contribution in [-0.4, -0.2) is 22.1 Å². The van der Waals surface area contributed by atoms with Gasteiger partial charge in [-0.3, -0.25) is 4.79 Å². The van der Waals surface area contributed by atoms with Gasteiger partial charge in [-0.1, -0.05) is 12.1 Å². The molecule has 5 nitrogen and oxygen atoms in total. The summed E-state index contributed by atoms with van der Waals surface area (Å²) in [6.07, 6.45) is 0. The monoisotopic (exact) mass is 332 g/mol. The molecule has 0 spiro atoms. The van der Waals surface area contributed by atoms with Crippen molar-refractivity contribution in [2.75, 3.05) is 6.61 Å². The third kappa shape index (κ3) is 2.53. The Kier molecular flexibility index (Phi) is 3.96. The molecule has 1 aromatic carbocycles. The van der Waals surface area contributed by atoms with E-state index < -0.39 is 5.97 Å². The van der Waals surface area contributed by atoms with Crippen molar-refractivity contribution < 1.29 is 13.9 Å². The third-order valence-corrected chi connectivity index (χ3v) is 4.29. The van der Waals surface area contributed by atoms with Crippen LogP contribution in [0.25, 0.3) is 21.3 Å². The second kappa shape index (κ2) is 5.92. The zero-order valence-electron chi connectivity index (χ0n) is 12.5. The molecule has 3 aromatic rings. The van der Waals surface area contributed by atoms with Crippen LogP contribution in [0.2, 0.25) is 0 Å². The quantitative estimate of drug-likeness (QED) is 0.692. The number of benzene rings is 1. The van der Waals surface area contributed by atoms with Crippen molar-refractivity contribution in [3.05, 3.63) is 51.6 Å². The molecule has 0 unspecified atom stereocenters. The zero-order valence-corrected chi connectivity index (χ0v) is 13.3. The highest BCUT2D eigenvalue weighted by Gasteiger charge is 2.24. The molecular formula is C16H13FN2O3S. The molecule has 0 aliphatic heterocycles. The second-order valence-corrected chi connectivity index (χ2v) is 5.70. The standard InChI is InChI=1S/C16H13FN2O3S/c1-3-22-16(21)13-11(9-4-6-10(17)7-5-9)12-14(23-8-18-12)15(20)19(13)2/h4-8H,3H2,1-2H3. The van der Waals surface area contributed by atoms with Gasteiger partial charge in [0.1, 0.15) is 16.2 Å². The lowest BCUT2D eigenvalue weighted by atomic mass is 10.0. The van der Waals surface area contributed by atoms with E-state index in [0.29, 0.717) is 21.3 Å². The van der Waals surface area contributed by atoms with Crippen LogP contribution >= 0.6 is 11.3 Å². The number of esters is 1. The second-order valence-electron chi connectivity index (χ2n) is 4.85. The SMILES string of the molecule is CCOC(=O)c1c(-c2ccc(F)cc2)c2ncsc2c(=O)n1C. The molecule has 2 heterocycles. The number of hydrogen-bond donors (Lipinski definition) is 0. The van der Waals surface area contributed by atoms with E-state index >= 15 is 0 Å². The van der Waals surface area contributed by atoms with E-state index in [9.17, 15) is 14.0 Å². The average Bonchev–Trinajstić information content (AvgIpc) is 3.01. The highest BCUT2D eigenvalue weighted by atomic mass is 32.1. The molecular weight excluding hydrogens is 319 g/mol. The van der Waals surface area contributed by atoms with Gasteiger partial charge in [0.15, 0.2) is 0 Å². The van der Waals surface area contributed by atoms with Crippen LogP contribution in [-0.2, 0) is 11.8 Å². The summed E-state index contributed by atoms with van der Waals surface area (Å²) in [5.74, 6) is -0.993. The fraction of sp³-hybridized carbons (Fsp3) is 0.188. The number of carbonyl (C=O) groups excluding carboxylic acids is 1. The van der Waals surface area contributed by atoms with E-state index in [1.54, 1.807) is 24.6 Å². The molecule has 7 heteroatoms. The van der Waals surface area contributed by atoms with Crippen LogP contribution in [0.5, 0.6) is 0 Å². The van der Waals surface area contributed by atoms with Crippen LogP contribution in [0.15, 0.2) is 34.6 Å². The molecule has 0 atom stereocenters. The minimum atomic E-state index is -0.610.